The van der Waals surface area contributed by atoms with Gasteiger partial charge in [0.1, 0.15) is 11.9 Å². The Bertz CT molecular complexity index is 1060. The third kappa shape index (κ3) is 3.76. The molecule has 0 aliphatic carbocycles. The molecule has 0 amide bonds. The van der Waals surface area contributed by atoms with E-state index in [1.165, 1.54) is 22.8 Å². The van der Waals surface area contributed by atoms with Gasteiger partial charge in [-0.1, -0.05) is 12.1 Å². The fourth-order valence-electron chi connectivity index (χ4n) is 3.89. The van der Waals surface area contributed by atoms with E-state index < -0.39 is 5.69 Å². The van der Waals surface area contributed by atoms with Crippen molar-refractivity contribution >= 4 is 17.9 Å². The zero-order valence-electron chi connectivity index (χ0n) is 17.3. The number of ether oxygens (including phenoxy) is 1. The molecule has 2 heterocycles. The van der Waals surface area contributed by atoms with Gasteiger partial charge in [-0.05, 0) is 18.9 Å². The summed E-state index contributed by atoms with van der Waals surface area (Å²) in [4.78, 5) is 19.6. The van der Waals surface area contributed by atoms with Crippen molar-refractivity contribution in [3.63, 3.8) is 0 Å². The van der Waals surface area contributed by atoms with E-state index in [0.717, 1.165) is 30.4 Å². The summed E-state index contributed by atoms with van der Waals surface area (Å²) in [6.07, 6.45) is 4.14. The quantitative estimate of drug-likeness (QED) is 0.578. The van der Waals surface area contributed by atoms with Crippen molar-refractivity contribution in [2.24, 2.45) is 13.0 Å². The van der Waals surface area contributed by atoms with E-state index in [1.54, 1.807) is 20.2 Å². The zero-order chi connectivity index (χ0) is 21.8. The summed E-state index contributed by atoms with van der Waals surface area (Å²) in [5, 5.41) is 25.4. The highest BCUT2D eigenvalue weighted by atomic mass is 16.5. The average molecular weight is 407 g/mol. The Labute approximate surface area is 175 Å². The van der Waals surface area contributed by atoms with E-state index in [9.17, 15) is 10.1 Å². The minimum absolute atomic E-state index is 0.0688. The van der Waals surface area contributed by atoms with Gasteiger partial charge >= 0.3 is 5.69 Å². The number of rotatable bonds is 5. The van der Waals surface area contributed by atoms with Gasteiger partial charge in [-0.25, -0.2) is 9.78 Å². The zero-order valence-corrected chi connectivity index (χ0v) is 17.3. The van der Waals surface area contributed by atoms with Gasteiger partial charge in [-0.15, -0.1) is 0 Å². The molecule has 2 aromatic rings. The molecular weight excluding hydrogens is 382 g/mol. The fourth-order valence-corrected chi connectivity index (χ4v) is 3.89. The first-order valence-electron chi connectivity index (χ1n) is 9.63. The maximum Gasteiger partial charge on any atom is 0.350 e. The summed E-state index contributed by atoms with van der Waals surface area (Å²) in [5.74, 6) is 0.886. The molecule has 1 saturated heterocycles. The first-order valence-corrected chi connectivity index (χ1v) is 9.63. The number of methoxy groups -OCH3 is 1. The Morgan fingerprint density at radius 1 is 1.37 bits per heavy atom. The number of nitrogens with one attached hydrogen (secondary N) is 2. The molecule has 1 aliphatic heterocycles. The number of aromatic nitrogens is 2. The second-order valence-electron chi connectivity index (χ2n) is 7.22. The Kier molecular flexibility index (Phi) is 6.16. The van der Waals surface area contributed by atoms with Crippen LogP contribution in [0, 0.1) is 28.1 Å². The highest BCUT2D eigenvalue weighted by molar-refractivity contribution is 5.91. The topological polar surface area (TPSA) is 122 Å². The minimum Gasteiger partial charge on any atom is -0.482 e. The maximum absolute atomic E-state index is 11.9. The molecule has 1 aromatic heterocycles. The molecule has 3 rings (SSSR count). The molecule has 156 valence electrons. The number of piperidine rings is 1. The van der Waals surface area contributed by atoms with Crippen molar-refractivity contribution in [2.75, 3.05) is 32.1 Å². The molecule has 1 aliphatic rings. The minimum atomic E-state index is -0.414. The van der Waals surface area contributed by atoms with Gasteiger partial charge in [0.25, 0.3) is 0 Å². The van der Waals surface area contributed by atoms with Crippen LogP contribution in [0.4, 0.5) is 5.69 Å². The van der Waals surface area contributed by atoms with Crippen LogP contribution in [0.3, 0.4) is 0 Å². The van der Waals surface area contributed by atoms with Gasteiger partial charge in [0.15, 0.2) is 0 Å². The van der Waals surface area contributed by atoms with Gasteiger partial charge < -0.3 is 14.5 Å². The Morgan fingerprint density at radius 3 is 2.67 bits per heavy atom. The third-order valence-corrected chi connectivity index (χ3v) is 5.54. The number of benzene rings is 1. The van der Waals surface area contributed by atoms with Crippen molar-refractivity contribution in [2.45, 2.75) is 12.8 Å². The van der Waals surface area contributed by atoms with Crippen molar-refractivity contribution < 1.29 is 4.74 Å². The number of hydrogen-bond acceptors (Lipinski definition) is 7. The van der Waals surface area contributed by atoms with Crippen LogP contribution in [0.2, 0.25) is 0 Å². The van der Waals surface area contributed by atoms with E-state index in [-0.39, 0.29) is 5.92 Å². The van der Waals surface area contributed by atoms with Gasteiger partial charge in [-0.3, -0.25) is 15.4 Å². The lowest BCUT2D eigenvalue weighted by Gasteiger charge is -2.36. The van der Waals surface area contributed by atoms with Crippen LogP contribution in [-0.2, 0) is 7.05 Å². The molecule has 0 saturated carbocycles. The summed E-state index contributed by atoms with van der Waals surface area (Å²) < 4.78 is 6.83. The monoisotopic (exact) mass is 407 g/mol. The Balaban J connectivity index is 2.01. The summed E-state index contributed by atoms with van der Waals surface area (Å²) in [6.45, 7) is 1.35. The predicted molar refractivity (Wildman–Crippen MR) is 115 cm³/mol. The first-order chi connectivity index (χ1) is 14.4. The Morgan fingerprint density at radius 2 is 2.07 bits per heavy atom. The van der Waals surface area contributed by atoms with E-state index in [4.69, 9.17) is 15.6 Å². The van der Waals surface area contributed by atoms with E-state index in [0.29, 0.717) is 35.9 Å². The molecule has 0 radical (unpaired) electrons. The number of nitriles is 1. The molecule has 9 nitrogen and oxygen atoms in total. The third-order valence-electron chi connectivity index (χ3n) is 5.54. The summed E-state index contributed by atoms with van der Waals surface area (Å²) in [5.41, 5.74) is 2.32. The fraction of sp³-hybridized carbons (Fsp3) is 0.381. The van der Waals surface area contributed by atoms with E-state index in [2.05, 4.69) is 16.0 Å². The molecule has 2 N–H and O–H groups in total. The van der Waals surface area contributed by atoms with Gasteiger partial charge in [0.2, 0.25) is 5.88 Å². The van der Waals surface area contributed by atoms with E-state index in [1.807, 2.05) is 12.1 Å². The lowest BCUT2D eigenvalue weighted by molar-refractivity contribution is 0.375. The second kappa shape index (κ2) is 8.78. The molecule has 9 heteroatoms. The van der Waals surface area contributed by atoms with Crippen LogP contribution in [-0.4, -0.2) is 53.9 Å². The molecule has 0 bridgehead atoms. The SMILES string of the molecule is COc1c(-c2cccc(C#N)c2N2CCC(C(=N)N(C)C=N)CC2)cnc(=O)n1C. The standard InChI is InChI=1S/C21H25N7O2/c1-26(13-23)19(24)14-7-9-28(10-8-14)18-15(11-22)5-4-6-16(18)17-12-25-21(29)27(2)20(17)30-3/h4-6,12-14,23-24H,7-10H2,1-3H3. The van der Waals surface area contributed by atoms with Crippen molar-refractivity contribution in [3.8, 4) is 23.1 Å². The second-order valence-corrected chi connectivity index (χ2v) is 7.22. The highest BCUT2D eigenvalue weighted by Gasteiger charge is 2.28. The number of hydrogen-bond donors (Lipinski definition) is 2. The van der Waals surface area contributed by atoms with Crippen LogP contribution in [0.1, 0.15) is 18.4 Å². The number of nitrogens with zero attached hydrogens (tertiary/aromatic N) is 5. The number of anilines is 1. The van der Waals surface area contributed by atoms with E-state index >= 15 is 0 Å². The first kappa shape index (κ1) is 21.0. The number of amidine groups is 1. The van der Waals surface area contributed by atoms with Crippen LogP contribution in [0.25, 0.3) is 11.1 Å². The molecule has 1 fully saturated rings. The molecule has 30 heavy (non-hydrogen) atoms. The normalized spacial score (nSPS) is 14.1. The van der Waals surface area contributed by atoms with Gasteiger partial charge in [0, 0.05) is 44.9 Å². The molecular formula is C21H25N7O2. The largest absolute Gasteiger partial charge is 0.482 e. The smallest absolute Gasteiger partial charge is 0.350 e. The van der Waals surface area contributed by atoms with Gasteiger partial charge in [0.05, 0.1) is 30.3 Å². The average Bonchev–Trinajstić information content (AvgIpc) is 2.79. The summed E-state index contributed by atoms with van der Waals surface area (Å²) >= 11 is 0. The molecule has 0 spiro atoms. The Hall–Kier alpha value is -3.67. The van der Waals surface area contributed by atoms with Crippen molar-refractivity contribution in [3.05, 3.63) is 40.4 Å². The van der Waals surface area contributed by atoms with Crippen molar-refractivity contribution in [1.29, 1.82) is 16.1 Å². The summed E-state index contributed by atoms with van der Waals surface area (Å²) in [6, 6.07) is 7.76. The lowest BCUT2D eigenvalue weighted by Crippen LogP contribution is -2.41. The lowest BCUT2D eigenvalue weighted by atomic mass is 9.92. The van der Waals surface area contributed by atoms with Crippen molar-refractivity contribution in [1.82, 2.24) is 14.5 Å². The van der Waals surface area contributed by atoms with Crippen LogP contribution < -0.4 is 15.3 Å². The molecule has 0 unspecified atom stereocenters. The predicted octanol–water partition coefficient (Wildman–Crippen LogP) is 2.06. The van der Waals surface area contributed by atoms with Gasteiger partial charge in [-0.2, -0.15) is 5.26 Å². The van der Waals surface area contributed by atoms with Crippen LogP contribution >= 0.6 is 0 Å². The maximum atomic E-state index is 11.9. The van der Waals surface area contributed by atoms with Crippen LogP contribution in [0.15, 0.2) is 29.2 Å². The summed E-state index contributed by atoms with van der Waals surface area (Å²) in [7, 11) is 4.81. The highest BCUT2D eigenvalue weighted by Crippen LogP contribution is 2.39. The molecule has 1 aromatic carbocycles. The molecule has 0 atom stereocenters. The van der Waals surface area contributed by atoms with Crippen LogP contribution in [0.5, 0.6) is 5.88 Å². The number of para-hydroxylation sites is 1.